The number of aliphatic hydroxyl groups is 2. The van der Waals surface area contributed by atoms with E-state index in [1.807, 2.05) is 0 Å². The van der Waals surface area contributed by atoms with Crippen LogP contribution in [0.2, 0.25) is 0 Å². The SMILES string of the molecule is CC(=O)NC1C(O)OC2C(O)COC12. The predicted molar refractivity (Wildman–Crippen MR) is 44.2 cm³/mol. The predicted octanol–water partition coefficient (Wildman–Crippen LogP) is -2.03. The fourth-order valence-corrected chi connectivity index (χ4v) is 1.89. The first-order valence-electron chi connectivity index (χ1n) is 4.50. The van der Waals surface area contributed by atoms with Gasteiger partial charge >= 0.3 is 0 Å². The van der Waals surface area contributed by atoms with Crippen LogP contribution in [0.3, 0.4) is 0 Å². The van der Waals surface area contributed by atoms with Gasteiger partial charge in [-0.15, -0.1) is 0 Å². The van der Waals surface area contributed by atoms with E-state index in [1.165, 1.54) is 6.92 Å². The maximum absolute atomic E-state index is 10.8. The van der Waals surface area contributed by atoms with Gasteiger partial charge in [-0.25, -0.2) is 0 Å². The lowest BCUT2D eigenvalue weighted by atomic mass is 10.1. The Morgan fingerprint density at radius 1 is 1.43 bits per heavy atom. The number of nitrogens with one attached hydrogen (secondary N) is 1. The highest BCUT2D eigenvalue weighted by atomic mass is 16.7. The number of aliphatic hydroxyl groups excluding tert-OH is 2. The number of ether oxygens (including phenoxy) is 2. The highest BCUT2D eigenvalue weighted by molar-refractivity contribution is 5.73. The number of hydrogen-bond donors (Lipinski definition) is 3. The molecular formula is C8H13NO5. The van der Waals surface area contributed by atoms with Crippen LogP contribution >= 0.6 is 0 Å². The zero-order valence-corrected chi connectivity index (χ0v) is 7.71. The zero-order chi connectivity index (χ0) is 10.3. The van der Waals surface area contributed by atoms with Crippen LogP contribution < -0.4 is 5.32 Å². The van der Waals surface area contributed by atoms with E-state index in [4.69, 9.17) is 9.47 Å². The summed E-state index contributed by atoms with van der Waals surface area (Å²) in [5.74, 6) is -0.261. The summed E-state index contributed by atoms with van der Waals surface area (Å²) >= 11 is 0. The van der Waals surface area contributed by atoms with Gasteiger partial charge in [0, 0.05) is 6.92 Å². The van der Waals surface area contributed by atoms with E-state index in [9.17, 15) is 15.0 Å². The molecule has 0 aliphatic carbocycles. The topological polar surface area (TPSA) is 88.0 Å². The molecule has 5 atom stereocenters. The molecule has 0 bridgehead atoms. The molecule has 0 spiro atoms. The summed E-state index contributed by atoms with van der Waals surface area (Å²) in [7, 11) is 0. The second kappa shape index (κ2) is 3.47. The van der Waals surface area contributed by atoms with E-state index in [0.29, 0.717) is 0 Å². The van der Waals surface area contributed by atoms with Crippen molar-refractivity contribution in [2.24, 2.45) is 0 Å². The first-order valence-corrected chi connectivity index (χ1v) is 4.50. The van der Waals surface area contributed by atoms with Gasteiger partial charge in [0.2, 0.25) is 5.91 Å². The van der Waals surface area contributed by atoms with Crippen molar-refractivity contribution in [3.63, 3.8) is 0 Å². The Bertz CT molecular complexity index is 246. The van der Waals surface area contributed by atoms with Crippen LogP contribution in [0.25, 0.3) is 0 Å². The Morgan fingerprint density at radius 2 is 2.14 bits per heavy atom. The standard InChI is InChI=1S/C8H13NO5/c1-3(10)9-5-7-6(14-8(5)12)4(11)2-13-7/h4-8,11-12H,2H2,1H3,(H,9,10). The summed E-state index contributed by atoms with van der Waals surface area (Å²) in [4.78, 5) is 10.8. The number of carbonyl (C=O) groups excluding carboxylic acids is 1. The Labute approximate surface area is 80.8 Å². The van der Waals surface area contributed by atoms with Crippen molar-refractivity contribution in [1.29, 1.82) is 0 Å². The highest BCUT2D eigenvalue weighted by Gasteiger charge is 2.52. The van der Waals surface area contributed by atoms with Crippen LogP contribution in [0.4, 0.5) is 0 Å². The molecule has 0 saturated carbocycles. The molecule has 0 radical (unpaired) electrons. The molecule has 1 amide bonds. The van der Waals surface area contributed by atoms with E-state index in [2.05, 4.69) is 5.32 Å². The van der Waals surface area contributed by atoms with E-state index >= 15 is 0 Å². The quantitative estimate of drug-likeness (QED) is 0.457. The summed E-state index contributed by atoms with van der Waals surface area (Å²) in [6.07, 6.45) is -2.83. The normalized spacial score (nSPS) is 46.4. The van der Waals surface area contributed by atoms with Gasteiger partial charge in [-0.05, 0) is 0 Å². The van der Waals surface area contributed by atoms with Crippen LogP contribution in [0.5, 0.6) is 0 Å². The Hall–Kier alpha value is -0.690. The molecule has 2 saturated heterocycles. The Morgan fingerprint density at radius 3 is 2.79 bits per heavy atom. The van der Waals surface area contributed by atoms with E-state index in [-0.39, 0.29) is 12.5 Å². The monoisotopic (exact) mass is 203 g/mol. The number of carbonyl (C=O) groups is 1. The lowest BCUT2D eigenvalue weighted by Crippen LogP contribution is -2.46. The van der Waals surface area contributed by atoms with Gasteiger partial charge < -0.3 is 25.0 Å². The lowest BCUT2D eigenvalue weighted by molar-refractivity contribution is -0.133. The fourth-order valence-electron chi connectivity index (χ4n) is 1.89. The number of amides is 1. The molecule has 3 N–H and O–H groups in total. The third-order valence-electron chi connectivity index (χ3n) is 2.49. The second-order valence-corrected chi connectivity index (χ2v) is 3.58. The molecule has 5 unspecified atom stereocenters. The van der Waals surface area contributed by atoms with Gasteiger partial charge in [0.25, 0.3) is 0 Å². The van der Waals surface area contributed by atoms with Crippen molar-refractivity contribution < 1.29 is 24.5 Å². The van der Waals surface area contributed by atoms with Crippen molar-refractivity contribution in [3.05, 3.63) is 0 Å². The summed E-state index contributed by atoms with van der Waals surface area (Å²) in [5, 5.41) is 21.4. The maximum atomic E-state index is 10.8. The third-order valence-corrected chi connectivity index (χ3v) is 2.49. The molecule has 2 rings (SSSR count). The molecule has 80 valence electrons. The average molecular weight is 203 g/mol. The molecule has 0 aromatic heterocycles. The van der Waals surface area contributed by atoms with Crippen molar-refractivity contribution in [2.45, 2.75) is 37.6 Å². The summed E-state index contributed by atoms with van der Waals surface area (Å²) < 4.78 is 10.3. The average Bonchev–Trinajstić information content (AvgIpc) is 2.57. The number of hydrogen-bond acceptors (Lipinski definition) is 5. The molecule has 6 nitrogen and oxygen atoms in total. The smallest absolute Gasteiger partial charge is 0.217 e. The van der Waals surface area contributed by atoms with Gasteiger partial charge in [0.05, 0.1) is 6.61 Å². The van der Waals surface area contributed by atoms with Crippen LogP contribution in [-0.4, -0.2) is 53.4 Å². The minimum absolute atomic E-state index is 0.179. The van der Waals surface area contributed by atoms with Gasteiger partial charge in [0.15, 0.2) is 6.29 Å². The fraction of sp³-hybridized carbons (Fsp3) is 0.875. The third kappa shape index (κ3) is 1.50. The highest BCUT2D eigenvalue weighted by Crippen LogP contribution is 2.30. The van der Waals surface area contributed by atoms with Gasteiger partial charge in [-0.3, -0.25) is 4.79 Å². The summed E-state index contributed by atoms with van der Waals surface area (Å²) in [6.45, 7) is 1.53. The van der Waals surface area contributed by atoms with E-state index in [0.717, 1.165) is 0 Å². The summed E-state index contributed by atoms with van der Waals surface area (Å²) in [5.41, 5.74) is 0. The number of fused-ring (bicyclic) bond motifs is 1. The summed E-state index contributed by atoms with van der Waals surface area (Å²) in [6, 6.07) is -0.588. The lowest BCUT2D eigenvalue weighted by Gasteiger charge is -2.18. The molecule has 6 heteroatoms. The van der Waals surface area contributed by atoms with Crippen molar-refractivity contribution in [3.8, 4) is 0 Å². The van der Waals surface area contributed by atoms with Gasteiger partial charge in [-0.2, -0.15) is 0 Å². The van der Waals surface area contributed by atoms with E-state index < -0.39 is 30.6 Å². The minimum Gasteiger partial charge on any atom is -0.388 e. The van der Waals surface area contributed by atoms with Crippen LogP contribution in [0.1, 0.15) is 6.92 Å². The van der Waals surface area contributed by atoms with Crippen LogP contribution in [-0.2, 0) is 14.3 Å². The van der Waals surface area contributed by atoms with E-state index in [1.54, 1.807) is 0 Å². The maximum Gasteiger partial charge on any atom is 0.217 e. The minimum atomic E-state index is -1.11. The molecule has 0 aromatic carbocycles. The molecule has 2 heterocycles. The molecule has 0 aromatic rings. The molecule has 2 aliphatic rings. The van der Waals surface area contributed by atoms with Crippen LogP contribution in [0.15, 0.2) is 0 Å². The zero-order valence-electron chi connectivity index (χ0n) is 7.71. The van der Waals surface area contributed by atoms with Crippen LogP contribution in [0, 0.1) is 0 Å². The largest absolute Gasteiger partial charge is 0.388 e. The van der Waals surface area contributed by atoms with Gasteiger partial charge in [-0.1, -0.05) is 0 Å². The molecular weight excluding hydrogens is 190 g/mol. The number of rotatable bonds is 1. The van der Waals surface area contributed by atoms with Gasteiger partial charge in [0.1, 0.15) is 24.4 Å². The Balaban J connectivity index is 2.07. The first-order chi connectivity index (χ1) is 6.59. The second-order valence-electron chi connectivity index (χ2n) is 3.58. The van der Waals surface area contributed by atoms with Crippen molar-refractivity contribution in [1.82, 2.24) is 5.32 Å². The molecule has 2 aliphatic heterocycles. The Kier molecular flexibility index (Phi) is 2.44. The molecule has 14 heavy (non-hydrogen) atoms. The van der Waals surface area contributed by atoms with Crippen molar-refractivity contribution in [2.75, 3.05) is 6.61 Å². The van der Waals surface area contributed by atoms with Crippen molar-refractivity contribution >= 4 is 5.91 Å². The molecule has 2 fully saturated rings. The first kappa shape index (κ1) is 9.85.